The fraction of sp³-hybridized carbons (Fsp3) is 0.143. The number of rotatable bonds is 5. The van der Waals surface area contributed by atoms with Crippen molar-refractivity contribution in [1.82, 2.24) is 4.72 Å². The highest BCUT2D eigenvalue weighted by Crippen LogP contribution is 2.23. The Kier molecular flexibility index (Phi) is 4.44. The Balaban J connectivity index is 2.19. The highest BCUT2D eigenvalue weighted by Gasteiger charge is 2.17. The Hall–Kier alpha value is -2.12. The van der Waals surface area contributed by atoms with Gasteiger partial charge in [0.15, 0.2) is 0 Å². The summed E-state index contributed by atoms with van der Waals surface area (Å²) in [7, 11) is -2.32. The highest BCUT2D eigenvalue weighted by atomic mass is 32.2. The molecule has 21 heavy (non-hydrogen) atoms. The van der Waals surface area contributed by atoms with E-state index >= 15 is 0 Å². The largest absolute Gasteiger partial charge is 0.497 e. The van der Waals surface area contributed by atoms with Crippen LogP contribution in [-0.4, -0.2) is 15.5 Å². The fourth-order valence-electron chi connectivity index (χ4n) is 1.80. The van der Waals surface area contributed by atoms with Crippen LogP contribution in [0.2, 0.25) is 0 Å². The van der Waals surface area contributed by atoms with Crippen molar-refractivity contribution in [2.75, 3.05) is 12.8 Å². The van der Waals surface area contributed by atoms with Gasteiger partial charge in [-0.3, -0.25) is 0 Å². The summed E-state index contributed by atoms with van der Waals surface area (Å²) in [5.41, 5.74) is 6.32. The SMILES string of the molecule is COc1ccc(S(=O)(=O)NCc2cccc(F)c2)c(N)c1. The standard InChI is InChI=1S/C14H15FN2O3S/c1-20-12-5-6-14(13(16)8-12)21(18,19)17-9-10-3-2-4-11(15)7-10/h2-8,17H,9,16H2,1H3. The molecule has 3 N–H and O–H groups in total. The molecule has 0 spiro atoms. The van der Waals surface area contributed by atoms with Crippen LogP contribution in [0.1, 0.15) is 5.56 Å². The zero-order chi connectivity index (χ0) is 15.5. The number of nitrogens with two attached hydrogens (primary N) is 1. The van der Waals surface area contributed by atoms with E-state index in [2.05, 4.69) is 4.72 Å². The predicted octanol–water partition coefficient (Wildman–Crippen LogP) is 1.90. The third kappa shape index (κ3) is 3.71. The molecule has 0 atom stereocenters. The van der Waals surface area contributed by atoms with E-state index in [1.165, 1.54) is 43.5 Å². The number of hydrogen-bond donors (Lipinski definition) is 2. The summed E-state index contributed by atoms with van der Waals surface area (Å²) in [6.07, 6.45) is 0. The normalized spacial score (nSPS) is 11.3. The smallest absolute Gasteiger partial charge is 0.242 e. The molecule has 0 heterocycles. The quantitative estimate of drug-likeness (QED) is 0.826. The van der Waals surface area contributed by atoms with Gasteiger partial charge < -0.3 is 10.5 Å². The Labute approximate surface area is 122 Å². The maximum absolute atomic E-state index is 13.0. The van der Waals surface area contributed by atoms with E-state index in [-0.39, 0.29) is 17.1 Å². The number of ether oxygens (including phenoxy) is 1. The number of nitrogens with one attached hydrogen (secondary N) is 1. The molecule has 0 amide bonds. The molecule has 7 heteroatoms. The third-order valence-electron chi connectivity index (χ3n) is 2.86. The van der Waals surface area contributed by atoms with Gasteiger partial charge in [0.2, 0.25) is 10.0 Å². The number of benzene rings is 2. The van der Waals surface area contributed by atoms with Gasteiger partial charge in [-0.25, -0.2) is 17.5 Å². The number of halogens is 1. The van der Waals surface area contributed by atoms with Crippen LogP contribution in [0, 0.1) is 5.82 Å². The van der Waals surface area contributed by atoms with Crippen molar-refractivity contribution in [1.29, 1.82) is 0 Å². The van der Waals surface area contributed by atoms with Crippen LogP contribution >= 0.6 is 0 Å². The van der Waals surface area contributed by atoms with Crippen molar-refractivity contribution in [2.24, 2.45) is 0 Å². The summed E-state index contributed by atoms with van der Waals surface area (Å²) in [5, 5.41) is 0. The summed E-state index contributed by atoms with van der Waals surface area (Å²) < 4.78 is 44.8. The van der Waals surface area contributed by atoms with Gasteiger partial charge in [-0.1, -0.05) is 12.1 Å². The second-order valence-corrected chi connectivity index (χ2v) is 6.09. The fourth-order valence-corrected chi connectivity index (χ4v) is 2.93. The Morgan fingerprint density at radius 3 is 2.62 bits per heavy atom. The van der Waals surface area contributed by atoms with Crippen molar-refractivity contribution < 1.29 is 17.5 Å². The second kappa shape index (κ2) is 6.11. The molecule has 0 aliphatic carbocycles. The first kappa shape index (κ1) is 15.3. The van der Waals surface area contributed by atoms with Crippen LogP contribution in [0.4, 0.5) is 10.1 Å². The van der Waals surface area contributed by atoms with Gasteiger partial charge >= 0.3 is 0 Å². The summed E-state index contributed by atoms with van der Waals surface area (Å²) in [6, 6.07) is 10.00. The summed E-state index contributed by atoms with van der Waals surface area (Å²) in [5.74, 6) is 0.0484. The van der Waals surface area contributed by atoms with Gasteiger partial charge in [0.25, 0.3) is 0 Å². The molecule has 112 valence electrons. The molecule has 0 aromatic heterocycles. The summed E-state index contributed by atoms with van der Waals surface area (Å²) >= 11 is 0. The van der Waals surface area contributed by atoms with Gasteiger partial charge in [-0.2, -0.15) is 0 Å². The van der Waals surface area contributed by atoms with E-state index in [9.17, 15) is 12.8 Å². The second-order valence-electron chi connectivity index (χ2n) is 4.36. The van der Waals surface area contributed by atoms with E-state index in [0.29, 0.717) is 11.3 Å². The number of nitrogen functional groups attached to an aromatic ring is 1. The summed E-state index contributed by atoms with van der Waals surface area (Å²) in [6.45, 7) is -0.0223. The predicted molar refractivity (Wildman–Crippen MR) is 77.8 cm³/mol. The molecule has 5 nitrogen and oxygen atoms in total. The molecular weight excluding hydrogens is 295 g/mol. The number of anilines is 1. The molecule has 0 radical (unpaired) electrons. The van der Waals surface area contributed by atoms with Crippen LogP contribution in [-0.2, 0) is 16.6 Å². The van der Waals surface area contributed by atoms with Crippen molar-refractivity contribution in [3.63, 3.8) is 0 Å². The molecule has 2 rings (SSSR count). The van der Waals surface area contributed by atoms with Crippen molar-refractivity contribution in [3.8, 4) is 5.75 Å². The number of sulfonamides is 1. The minimum Gasteiger partial charge on any atom is -0.497 e. The van der Waals surface area contributed by atoms with E-state index in [4.69, 9.17) is 10.5 Å². The molecule has 0 unspecified atom stereocenters. The van der Waals surface area contributed by atoms with E-state index in [0.717, 1.165) is 0 Å². The van der Waals surface area contributed by atoms with Gasteiger partial charge in [-0.05, 0) is 29.8 Å². The van der Waals surface area contributed by atoms with Gasteiger partial charge in [0, 0.05) is 12.6 Å². The topological polar surface area (TPSA) is 81.4 Å². The maximum atomic E-state index is 13.0. The van der Waals surface area contributed by atoms with Crippen molar-refractivity contribution in [3.05, 3.63) is 53.8 Å². The lowest BCUT2D eigenvalue weighted by Gasteiger charge is -2.10. The molecule has 0 fully saturated rings. The lowest BCUT2D eigenvalue weighted by Crippen LogP contribution is -2.24. The maximum Gasteiger partial charge on any atom is 0.242 e. The summed E-state index contributed by atoms with van der Waals surface area (Å²) in [4.78, 5) is -0.0419. The first-order valence-electron chi connectivity index (χ1n) is 6.10. The molecule has 0 saturated carbocycles. The zero-order valence-electron chi connectivity index (χ0n) is 11.3. The van der Waals surface area contributed by atoms with Crippen molar-refractivity contribution >= 4 is 15.7 Å². The Morgan fingerprint density at radius 2 is 2.00 bits per heavy atom. The van der Waals surface area contributed by atoms with Gasteiger partial charge in [0.05, 0.1) is 12.8 Å². The van der Waals surface area contributed by atoms with E-state index in [1.807, 2.05) is 0 Å². The molecule has 0 saturated heterocycles. The van der Waals surface area contributed by atoms with Crippen LogP contribution < -0.4 is 15.2 Å². The third-order valence-corrected chi connectivity index (χ3v) is 4.34. The lowest BCUT2D eigenvalue weighted by molar-refractivity contribution is 0.414. The van der Waals surface area contributed by atoms with E-state index < -0.39 is 15.8 Å². The van der Waals surface area contributed by atoms with E-state index in [1.54, 1.807) is 6.07 Å². The van der Waals surface area contributed by atoms with Gasteiger partial charge in [-0.15, -0.1) is 0 Å². The lowest BCUT2D eigenvalue weighted by atomic mass is 10.2. The average Bonchev–Trinajstić information content (AvgIpc) is 2.45. The highest BCUT2D eigenvalue weighted by molar-refractivity contribution is 7.89. The Bertz CT molecular complexity index is 748. The molecule has 0 aliphatic heterocycles. The molecule has 0 aliphatic rings. The van der Waals surface area contributed by atoms with Gasteiger partial charge in [0.1, 0.15) is 16.5 Å². The minimum atomic E-state index is -3.78. The minimum absolute atomic E-state index is 0.0223. The molecule has 0 bridgehead atoms. The van der Waals surface area contributed by atoms with Crippen LogP contribution in [0.5, 0.6) is 5.75 Å². The van der Waals surface area contributed by atoms with Crippen LogP contribution in [0.25, 0.3) is 0 Å². The molecular formula is C14H15FN2O3S. The average molecular weight is 310 g/mol. The molecule has 2 aromatic rings. The van der Waals surface area contributed by atoms with Crippen LogP contribution in [0.15, 0.2) is 47.4 Å². The number of methoxy groups -OCH3 is 1. The molecule has 2 aromatic carbocycles. The first-order chi connectivity index (χ1) is 9.92. The van der Waals surface area contributed by atoms with Crippen LogP contribution in [0.3, 0.4) is 0 Å². The Morgan fingerprint density at radius 1 is 1.24 bits per heavy atom. The zero-order valence-corrected chi connectivity index (χ0v) is 12.2. The first-order valence-corrected chi connectivity index (χ1v) is 7.58. The number of hydrogen-bond acceptors (Lipinski definition) is 4. The monoisotopic (exact) mass is 310 g/mol. The van der Waals surface area contributed by atoms with Crippen molar-refractivity contribution in [2.45, 2.75) is 11.4 Å².